The Hall–Kier alpha value is -3.20. The molecule has 2 N–H and O–H groups in total. The number of carboxylic acid groups (broad SMARTS) is 1. The van der Waals surface area contributed by atoms with Gasteiger partial charge < -0.3 is 5.11 Å². The maximum absolute atomic E-state index is 12.2. The summed E-state index contributed by atoms with van der Waals surface area (Å²) in [6, 6.07) is 11.1. The van der Waals surface area contributed by atoms with Crippen molar-refractivity contribution < 1.29 is 23.1 Å². The molecule has 1 amide bonds. The minimum absolute atomic E-state index is 0.138. The fourth-order valence-electron chi connectivity index (χ4n) is 2.44. The van der Waals surface area contributed by atoms with Crippen LogP contribution in [0.4, 0.5) is 5.69 Å². The van der Waals surface area contributed by atoms with E-state index in [4.69, 9.17) is 5.11 Å². The lowest BCUT2D eigenvalue weighted by atomic mass is 10.1. The van der Waals surface area contributed by atoms with Gasteiger partial charge in [0.15, 0.2) is 0 Å². The maximum atomic E-state index is 12.2. The summed E-state index contributed by atoms with van der Waals surface area (Å²) in [6.07, 6.45) is 2.38. The summed E-state index contributed by atoms with van der Waals surface area (Å²) in [4.78, 5) is 23.0. The topological polar surface area (TPSA) is 116 Å². The molecule has 9 heteroatoms. The van der Waals surface area contributed by atoms with Crippen LogP contribution in [0.25, 0.3) is 0 Å². The lowest BCUT2D eigenvalue weighted by Crippen LogP contribution is -2.39. The van der Waals surface area contributed by atoms with Crippen molar-refractivity contribution >= 4 is 33.8 Å². The average Bonchev–Trinajstić information content (AvgIpc) is 2.62. The molecule has 0 aliphatic carbocycles. The number of aromatic carboxylic acids is 1. The number of sulfonamides is 1. The first-order valence-corrected chi connectivity index (χ1v) is 10.1. The highest BCUT2D eigenvalue weighted by Gasteiger charge is 2.22. The zero-order valence-electron chi connectivity index (χ0n) is 15.7. The molecule has 0 aliphatic heterocycles. The highest BCUT2D eigenvalue weighted by atomic mass is 32.2. The van der Waals surface area contributed by atoms with Gasteiger partial charge in [0.05, 0.1) is 23.7 Å². The molecule has 0 saturated carbocycles. The van der Waals surface area contributed by atoms with E-state index in [9.17, 15) is 18.0 Å². The molecular formula is C19H21N3O5S. The largest absolute Gasteiger partial charge is 0.478 e. The van der Waals surface area contributed by atoms with E-state index in [1.54, 1.807) is 19.1 Å². The summed E-state index contributed by atoms with van der Waals surface area (Å²) in [6.45, 7) is 3.23. The molecule has 8 nitrogen and oxygen atoms in total. The number of carbonyl (C=O) groups excluding carboxylic acids is 1. The summed E-state index contributed by atoms with van der Waals surface area (Å²) in [7, 11) is -3.68. The van der Waals surface area contributed by atoms with Crippen molar-refractivity contribution in [3.63, 3.8) is 0 Å². The van der Waals surface area contributed by atoms with Gasteiger partial charge in [-0.15, -0.1) is 0 Å². The van der Waals surface area contributed by atoms with Crippen molar-refractivity contribution in [1.82, 2.24) is 5.43 Å². The van der Waals surface area contributed by atoms with E-state index in [1.165, 1.54) is 30.5 Å². The number of carboxylic acids is 1. The first-order chi connectivity index (χ1) is 13.1. The number of nitrogens with one attached hydrogen (secondary N) is 1. The predicted octanol–water partition coefficient (Wildman–Crippen LogP) is 1.92. The van der Waals surface area contributed by atoms with Gasteiger partial charge >= 0.3 is 5.97 Å². The van der Waals surface area contributed by atoms with Gasteiger partial charge in [-0.05, 0) is 48.7 Å². The third-order valence-corrected chi connectivity index (χ3v) is 5.22. The first kappa shape index (κ1) is 21.1. The van der Waals surface area contributed by atoms with Gasteiger partial charge in [0.2, 0.25) is 10.0 Å². The number of nitrogens with zero attached hydrogens (tertiary/aromatic N) is 2. The molecule has 2 rings (SSSR count). The van der Waals surface area contributed by atoms with Gasteiger partial charge in [-0.3, -0.25) is 9.10 Å². The summed E-state index contributed by atoms with van der Waals surface area (Å²) < 4.78 is 25.4. The molecule has 0 saturated heterocycles. The SMILES string of the molecule is Cc1cccc(N(CC(=O)N/N=C\c2ccc(C(=O)O)cc2)S(C)(=O)=O)c1C. The van der Waals surface area contributed by atoms with Gasteiger partial charge in [-0.25, -0.2) is 18.6 Å². The fraction of sp³-hybridized carbons (Fsp3) is 0.211. The second-order valence-corrected chi connectivity index (χ2v) is 8.12. The van der Waals surface area contributed by atoms with Crippen molar-refractivity contribution in [2.75, 3.05) is 17.1 Å². The predicted molar refractivity (Wildman–Crippen MR) is 107 cm³/mol. The maximum Gasteiger partial charge on any atom is 0.335 e. The molecule has 2 aromatic carbocycles. The van der Waals surface area contributed by atoms with Gasteiger partial charge in [-0.1, -0.05) is 24.3 Å². The van der Waals surface area contributed by atoms with Gasteiger partial charge in [0.25, 0.3) is 5.91 Å². The van der Waals surface area contributed by atoms with E-state index in [1.807, 2.05) is 13.0 Å². The van der Waals surface area contributed by atoms with Crippen molar-refractivity contribution in [3.8, 4) is 0 Å². The van der Waals surface area contributed by atoms with E-state index < -0.39 is 28.4 Å². The number of hydrogen-bond acceptors (Lipinski definition) is 5. The molecule has 0 aliphatic rings. The highest BCUT2D eigenvalue weighted by molar-refractivity contribution is 7.92. The van der Waals surface area contributed by atoms with Crippen molar-refractivity contribution in [1.29, 1.82) is 0 Å². The third-order valence-electron chi connectivity index (χ3n) is 4.09. The van der Waals surface area contributed by atoms with Crippen molar-refractivity contribution in [2.45, 2.75) is 13.8 Å². The molecule has 0 fully saturated rings. The molecule has 0 spiro atoms. The van der Waals surface area contributed by atoms with Gasteiger partial charge in [-0.2, -0.15) is 5.10 Å². The minimum atomic E-state index is -3.68. The Labute approximate surface area is 163 Å². The van der Waals surface area contributed by atoms with E-state index in [0.717, 1.165) is 21.7 Å². The lowest BCUT2D eigenvalue weighted by Gasteiger charge is -2.23. The summed E-state index contributed by atoms with van der Waals surface area (Å²) in [5.41, 5.74) is 5.12. The van der Waals surface area contributed by atoms with Crippen LogP contribution < -0.4 is 9.73 Å². The number of anilines is 1. The van der Waals surface area contributed by atoms with Crippen molar-refractivity contribution in [2.24, 2.45) is 5.10 Å². The number of hydrazone groups is 1. The van der Waals surface area contributed by atoms with Crippen LogP contribution >= 0.6 is 0 Å². The number of aryl methyl sites for hydroxylation is 1. The smallest absolute Gasteiger partial charge is 0.335 e. The summed E-state index contributed by atoms with van der Waals surface area (Å²) >= 11 is 0. The van der Waals surface area contributed by atoms with Crippen LogP contribution in [0.1, 0.15) is 27.0 Å². The Morgan fingerprint density at radius 1 is 1.14 bits per heavy atom. The lowest BCUT2D eigenvalue weighted by molar-refractivity contribution is -0.119. The normalized spacial score (nSPS) is 11.4. The number of rotatable bonds is 7. The van der Waals surface area contributed by atoms with Crippen LogP contribution in [0.5, 0.6) is 0 Å². The summed E-state index contributed by atoms with van der Waals surface area (Å²) in [5.74, 6) is -1.64. The third kappa shape index (κ3) is 5.40. The average molecular weight is 403 g/mol. The highest BCUT2D eigenvalue weighted by Crippen LogP contribution is 2.24. The van der Waals surface area contributed by atoms with Gasteiger partial charge in [0, 0.05) is 0 Å². The van der Waals surface area contributed by atoms with Crippen LogP contribution in [0.15, 0.2) is 47.6 Å². The Morgan fingerprint density at radius 3 is 2.36 bits per heavy atom. The second kappa shape index (κ2) is 8.66. The standard InChI is InChI=1S/C19H21N3O5S/c1-13-5-4-6-17(14(13)2)22(28(3,26)27)12-18(23)21-20-11-15-7-9-16(10-8-15)19(24)25/h4-11H,12H2,1-3H3,(H,21,23)(H,24,25)/b20-11-. The van der Waals surface area contributed by atoms with Crippen LogP contribution in [0, 0.1) is 13.8 Å². The molecular weight excluding hydrogens is 382 g/mol. The van der Waals surface area contributed by atoms with E-state index in [-0.39, 0.29) is 5.56 Å². The number of carbonyl (C=O) groups is 2. The Balaban J connectivity index is 2.10. The molecule has 0 bridgehead atoms. The quantitative estimate of drug-likeness (QED) is 0.541. The van der Waals surface area contributed by atoms with E-state index in [2.05, 4.69) is 10.5 Å². The molecule has 148 valence electrons. The molecule has 0 unspecified atom stereocenters. The zero-order valence-corrected chi connectivity index (χ0v) is 16.5. The Bertz CT molecular complexity index is 1010. The molecule has 2 aromatic rings. The van der Waals surface area contributed by atoms with E-state index in [0.29, 0.717) is 11.3 Å². The van der Waals surface area contributed by atoms with Gasteiger partial charge in [0.1, 0.15) is 6.54 Å². The molecule has 0 aromatic heterocycles. The number of amides is 1. The molecule has 0 heterocycles. The Kier molecular flexibility index (Phi) is 6.53. The second-order valence-electron chi connectivity index (χ2n) is 6.21. The first-order valence-electron chi connectivity index (χ1n) is 8.29. The molecule has 0 atom stereocenters. The summed E-state index contributed by atoms with van der Waals surface area (Å²) in [5, 5.41) is 12.7. The number of hydrogen-bond donors (Lipinski definition) is 2. The van der Waals surface area contributed by atoms with Crippen LogP contribution in [-0.4, -0.2) is 44.4 Å². The van der Waals surface area contributed by atoms with E-state index >= 15 is 0 Å². The molecule has 0 radical (unpaired) electrons. The molecule has 28 heavy (non-hydrogen) atoms. The number of benzene rings is 2. The van der Waals surface area contributed by atoms with Crippen molar-refractivity contribution in [3.05, 3.63) is 64.7 Å². The fourth-order valence-corrected chi connectivity index (χ4v) is 3.35. The van der Waals surface area contributed by atoms with Crippen LogP contribution in [0.3, 0.4) is 0 Å². The zero-order chi connectivity index (χ0) is 20.9. The minimum Gasteiger partial charge on any atom is -0.478 e. The monoisotopic (exact) mass is 403 g/mol. The Morgan fingerprint density at radius 2 is 1.79 bits per heavy atom. The van der Waals surface area contributed by atoms with Crippen LogP contribution in [-0.2, 0) is 14.8 Å². The van der Waals surface area contributed by atoms with Crippen LogP contribution in [0.2, 0.25) is 0 Å².